The number of benzene rings is 3. The Morgan fingerprint density at radius 1 is 0.902 bits per heavy atom. The molecule has 0 spiro atoms. The summed E-state index contributed by atoms with van der Waals surface area (Å²) in [4.78, 5) is 14.1. The first kappa shape index (κ1) is 29.3. The summed E-state index contributed by atoms with van der Waals surface area (Å²) in [5, 5.41) is 2.78. The van der Waals surface area contributed by atoms with Gasteiger partial charge in [-0.1, -0.05) is 18.2 Å². The summed E-state index contributed by atoms with van der Waals surface area (Å²) in [6, 6.07) is 16.8. The van der Waals surface area contributed by atoms with Gasteiger partial charge >= 0.3 is 22.3 Å². The lowest BCUT2D eigenvalue weighted by atomic mass is 10.2. The van der Waals surface area contributed by atoms with Crippen LogP contribution in [-0.4, -0.2) is 33.6 Å². The molecule has 0 fully saturated rings. The highest BCUT2D eigenvalue weighted by Crippen LogP contribution is 2.32. The molecular formula is C28H25F3N2O7S. The number of nitrogens with one attached hydrogen (secondary N) is 1. The third kappa shape index (κ3) is 7.51. The van der Waals surface area contributed by atoms with Crippen LogP contribution in [0.25, 0.3) is 0 Å². The molecule has 1 aromatic heterocycles. The molecule has 4 aromatic rings. The largest absolute Gasteiger partial charge is 0.497 e. The molecule has 0 saturated carbocycles. The van der Waals surface area contributed by atoms with E-state index in [0.29, 0.717) is 34.6 Å². The summed E-state index contributed by atoms with van der Waals surface area (Å²) in [7, 11) is -1.64. The summed E-state index contributed by atoms with van der Waals surface area (Å²) < 4.78 is 85.8. The van der Waals surface area contributed by atoms with E-state index in [2.05, 4.69) is 5.32 Å². The van der Waals surface area contributed by atoms with Crippen molar-refractivity contribution in [2.45, 2.75) is 24.2 Å². The number of furan rings is 1. The number of anilines is 1. The van der Waals surface area contributed by atoms with Gasteiger partial charge < -0.3 is 28.3 Å². The molecule has 2 amide bonds. The van der Waals surface area contributed by atoms with Crippen LogP contribution in [0.3, 0.4) is 0 Å². The smallest absolute Gasteiger partial charge is 0.416 e. The van der Waals surface area contributed by atoms with Crippen molar-refractivity contribution in [3.05, 3.63) is 102 Å². The number of hydrogen-bond acceptors (Lipinski definition) is 7. The molecule has 216 valence electrons. The van der Waals surface area contributed by atoms with Crippen molar-refractivity contribution in [1.82, 2.24) is 4.90 Å². The van der Waals surface area contributed by atoms with Gasteiger partial charge in [-0.25, -0.2) is 4.79 Å². The third-order valence-corrected chi connectivity index (χ3v) is 7.04. The van der Waals surface area contributed by atoms with Gasteiger partial charge in [-0.05, 0) is 60.2 Å². The lowest BCUT2D eigenvalue weighted by Gasteiger charge is -2.23. The fourth-order valence-electron chi connectivity index (χ4n) is 3.81. The summed E-state index contributed by atoms with van der Waals surface area (Å²) in [5.74, 6) is 1.24. The molecule has 41 heavy (non-hydrogen) atoms. The second kappa shape index (κ2) is 12.3. The molecule has 1 heterocycles. The molecule has 0 aliphatic heterocycles. The zero-order valence-corrected chi connectivity index (χ0v) is 22.7. The highest BCUT2D eigenvalue weighted by atomic mass is 32.2. The zero-order valence-electron chi connectivity index (χ0n) is 21.8. The number of amides is 2. The predicted octanol–water partition coefficient (Wildman–Crippen LogP) is 6.32. The molecular weight excluding hydrogens is 565 g/mol. The Bertz CT molecular complexity index is 1610. The maximum atomic E-state index is 13.3. The SMILES string of the molecule is COc1ccc(NC(=O)N(Cc2cccc(OS(=O)(=O)c3cccc(C(F)(F)F)c3)c2)Cc2ccco2)c(OC)c1. The molecule has 1 N–H and O–H groups in total. The van der Waals surface area contributed by atoms with Crippen LogP contribution in [0.5, 0.6) is 17.2 Å². The summed E-state index contributed by atoms with van der Waals surface area (Å²) >= 11 is 0. The van der Waals surface area contributed by atoms with E-state index in [4.69, 9.17) is 18.1 Å². The molecule has 3 aromatic carbocycles. The van der Waals surface area contributed by atoms with E-state index in [1.165, 1.54) is 43.6 Å². The maximum Gasteiger partial charge on any atom is 0.416 e. The monoisotopic (exact) mass is 590 g/mol. The lowest BCUT2D eigenvalue weighted by molar-refractivity contribution is -0.137. The van der Waals surface area contributed by atoms with Crippen LogP contribution in [0.15, 0.2) is 94.4 Å². The summed E-state index contributed by atoms with van der Waals surface area (Å²) in [6.07, 6.45) is -3.26. The lowest BCUT2D eigenvalue weighted by Crippen LogP contribution is -2.34. The number of rotatable bonds is 10. The van der Waals surface area contributed by atoms with E-state index in [-0.39, 0.29) is 18.8 Å². The molecule has 9 nitrogen and oxygen atoms in total. The van der Waals surface area contributed by atoms with Crippen LogP contribution >= 0.6 is 0 Å². The summed E-state index contributed by atoms with van der Waals surface area (Å²) in [6.45, 7) is 0.0523. The molecule has 0 radical (unpaired) electrons. The number of ether oxygens (including phenoxy) is 2. The molecule has 0 atom stereocenters. The number of halogens is 3. The van der Waals surface area contributed by atoms with Crippen LogP contribution in [0.4, 0.5) is 23.7 Å². The van der Waals surface area contributed by atoms with E-state index in [9.17, 15) is 26.4 Å². The zero-order chi connectivity index (χ0) is 29.6. The minimum absolute atomic E-state index is 0.00813. The van der Waals surface area contributed by atoms with Gasteiger partial charge in [0.2, 0.25) is 0 Å². The first-order chi connectivity index (χ1) is 19.5. The van der Waals surface area contributed by atoms with Crippen molar-refractivity contribution in [2.24, 2.45) is 0 Å². The van der Waals surface area contributed by atoms with Crippen molar-refractivity contribution in [2.75, 3.05) is 19.5 Å². The van der Waals surface area contributed by atoms with Crippen LogP contribution in [0.1, 0.15) is 16.9 Å². The van der Waals surface area contributed by atoms with Crippen LogP contribution in [0, 0.1) is 0 Å². The van der Waals surface area contributed by atoms with E-state index < -0.39 is 32.8 Å². The number of carbonyl (C=O) groups excluding carboxylic acids is 1. The Kier molecular flexibility index (Phi) is 8.77. The Hall–Kier alpha value is -4.65. The fourth-order valence-corrected chi connectivity index (χ4v) is 4.77. The van der Waals surface area contributed by atoms with E-state index in [1.807, 2.05) is 0 Å². The third-order valence-electron chi connectivity index (χ3n) is 5.79. The average molecular weight is 591 g/mol. The fraction of sp³-hybridized carbons (Fsp3) is 0.179. The Balaban J connectivity index is 1.56. The van der Waals surface area contributed by atoms with E-state index in [1.54, 1.807) is 36.4 Å². The predicted molar refractivity (Wildman–Crippen MR) is 142 cm³/mol. The van der Waals surface area contributed by atoms with Gasteiger partial charge in [0.25, 0.3) is 0 Å². The van der Waals surface area contributed by atoms with Crippen LogP contribution in [0.2, 0.25) is 0 Å². The highest BCUT2D eigenvalue weighted by Gasteiger charge is 2.32. The van der Waals surface area contributed by atoms with Gasteiger partial charge in [0.15, 0.2) is 0 Å². The Morgan fingerprint density at radius 3 is 2.37 bits per heavy atom. The Morgan fingerprint density at radius 2 is 1.68 bits per heavy atom. The van der Waals surface area contributed by atoms with Crippen molar-refractivity contribution < 1.29 is 44.5 Å². The van der Waals surface area contributed by atoms with Gasteiger partial charge in [0.1, 0.15) is 27.9 Å². The van der Waals surface area contributed by atoms with Crippen molar-refractivity contribution in [3.8, 4) is 17.2 Å². The summed E-state index contributed by atoms with van der Waals surface area (Å²) in [5.41, 5.74) is -0.263. The molecule has 0 aliphatic rings. The second-order valence-corrected chi connectivity index (χ2v) is 10.2. The number of alkyl halides is 3. The van der Waals surface area contributed by atoms with Crippen molar-refractivity contribution in [3.63, 3.8) is 0 Å². The van der Waals surface area contributed by atoms with Gasteiger partial charge in [0, 0.05) is 12.6 Å². The standard InChI is InChI=1S/C28H25F3N2O7S/c1-37-21-11-12-25(26(16-21)38-2)32-27(34)33(18-23-9-5-13-39-23)17-19-6-3-8-22(14-19)40-41(35,36)24-10-4-7-20(15-24)28(29,30)31/h3-16H,17-18H2,1-2H3,(H,32,34). The first-order valence-electron chi connectivity index (χ1n) is 12.0. The molecule has 13 heteroatoms. The normalized spacial score (nSPS) is 11.5. The maximum absolute atomic E-state index is 13.3. The number of nitrogens with zero attached hydrogens (tertiary/aromatic N) is 1. The minimum Gasteiger partial charge on any atom is -0.497 e. The van der Waals surface area contributed by atoms with Crippen molar-refractivity contribution >= 4 is 21.8 Å². The molecule has 4 rings (SSSR count). The molecule has 0 saturated heterocycles. The van der Waals surface area contributed by atoms with E-state index in [0.717, 1.165) is 18.2 Å². The Labute approximate surface area is 234 Å². The second-order valence-electron chi connectivity index (χ2n) is 8.64. The van der Waals surface area contributed by atoms with Crippen LogP contribution in [-0.2, 0) is 29.4 Å². The molecule has 0 unspecified atom stereocenters. The van der Waals surface area contributed by atoms with Gasteiger partial charge in [-0.2, -0.15) is 21.6 Å². The van der Waals surface area contributed by atoms with Gasteiger partial charge in [0.05, 0.1) is 38.3 Å². The number of urea groups is 1. The molecule has 0 aliphatic carbocycles. The quantitative estimate of drug-likeness (QED) is 0.216. The molecule has 0 bridgehead atoms. The van der Waals surface area contributed by atoms with Crippen molar-refractivity contribution in [1.29, 1.82) is 0 Å². The van der Waals surface area contributed by atoms with Gasteiger partial charge in [-0.3, -0.25) is 0 Å². The topological polar surface area (TPSA) is 107 Å². The van der Waals surface area contributed by atoms with Crippen LogP contribution < -0.4 is 19.0 Å². The highest BCUT2D eigenvalue weighted by molar-refractivity contribution is 7.87. The first-order valence-corrected chi connectivity index (χ1v) is 13.4. The number of hydrogen-bond donors (Lipinski definition) is 1. The van der Waals surface area contributed by atoms with Gasteiger partial charge in [-0.15, -0.1) is 0 Å². The number of carbonyl (C=O) groups is 1. The number of methoxy groups -OCH3 is 2. The average Bonchev–Trinajstić information content (AvgIpc) is 3.46. The van der Waals surface area contributed by atoms with E-state index >= 15 is 0 Å². The minimum atomic E-state index is -4.72.